The average molecular weight is 334 g/mol. The van der Waals surface area contributed by atoms with Gasteiger partial charge in [-0.05, 0) is 38.3 Å². The van der Waals surface area contributed by atoms with E-state index in [4.69, 9.17) is 0 Å². The molecule has 25 heavy (non-hydrogen) atoms. The number of aromatic nitrogens is 2. The van der Waals surface area contributed by atoms with Gasteiger partial charge in [-0.2, -0.15) is 0 Å². The summed E-state index contributed by atoms with van der Waals surface area (Å²) < 4.78 is 0. The van der Waals surface area contributed by atoms with Gasteiger partial charge >= 0.3 is 0 Å². The molecule has 0 aromatic carbocycles. The highest BCUT2D eigenvalue weighted by molar-refractivity contribution is 6.33. The van der Waals surface area contributed by atoms with Gasteiger partial charge in [-0.3, -0.25) is 9.97 Å². The van der Waals surface area contributed by atoms with Crippen molar-refractivity contribution in [1.29, 1.82) is 0 Å². The maximum Gasteiger partial charge on any atom is 0.141 e. The van der Waals surface area contributed by atoms with E-state index in [-0.39, 0.29) is 0 Å². The highest BCUT2D eigenvalue weighted by Gasteiger charge is 2.13. The number of aryl methyl sites for hydroxylation is 3. The van der Waals surface area contributed by atoms with Gasteiger partial charge in [0.25, 0.3) is 0 Å². The third kappa shape index (κ3) is 4.30. The minimum absolute atomic E-state index is 0.324. The van der Waals surface area contributed by atoms with Crippen molar-refractivity contribution >= 4 is 24.7 Å². The molecule has 0 spiro atoms. The van der Waals surface area contributed by atoms with Crippen LogP contribution in [0.15, 0.2) is 37.3 Å². The van der Waals surface area contributed by atoms with Crippen molar-refractivity contribution in [3.05, 3.63) is 65.5 Å². The molecule has 0 bridgehead atoms. The predicted molar refractivity (Wildman–Crippen MR) is 110 cm³/mol. The molecule has 130 valence electrons. The monoisotopic (exact) mass is 334 g/mol. The largest absolute Gasteiger partial charge is 0.342 e. The summed E-state index contributed by atoms with van der Waals surface area (Å²) in [6.07, 6.45) is 1.84. The molecule has 0 aliphatic rings. The Balaban J connectivity index is 2.19. The van der Waals surface area contributed by atoms with E-state index in [0.29, 0.717) is 11.7 Å². The van der Waals surface area contributed by atoms with Crippen molar-refractivity contribution in [3.63, 3.8) is 0 Å². The smallest absolute Gasteiger partial charge is 0.141 e. The fourth-order valence-electron chi connectivity index (χ4n) is 2.74. The third-order valence-corrected chi connectivity index (χ3v) is 4.30. The molecule has 0 saturated carbocycles. The number of hydrogen-bond donors (Lipinski definition) is 2. The molecule has 0 radical (unpaired) electrons. The predicted octanol–water partition coefficient (Wildman–Crippen LogP) is 2.93. The van der Waals surface area contributed by atoms with E-state index in [1.54, 1.807) is 0 Å². The van der Waals surface area contributed by atoms with E-state index in [0.717, 1.165) is 45.1 Å². The highest BCUT2D eigenvalue weighted by atomic mass is 15.1. The van der Waals surface area contributed by atoms with Gasteiger partial charge in [-0.1, -0.05) is 38.5 Å². The Morgan fingerprint density at radius 3 is 2.48 bits per heavy atom. The van der Waals surface area contributed by atoms with Crippen molar-refractivity contribution in [2.45, 2.75) is 40.5 Å². The van der Waals surface area contributed by atoms with Crippen LogP contribution in [0.2, 0.25) is 0 Å². The fraction of sp³-hybridized carbons (Fsp3) is 0.300. The molecule has 2 aromatic rings. The molecule has 2 aromatic heterocycles. The summed E-state index contributed by atoms with van der Waals surface area (Å²) in [7, 11) is 2.06. The van der Waals surface area contributed by atoms with Crippen LogP contribution in [0.3, 0.4) is 0 Å². The minimum Gasteiger partial charge on any atom is -0.342 e. The standard InChI is InChI=1S/C20H27BN4/c1-11(2)19-20(12(3)8-9-22-19)25-16(7)24-14(5)17-10-18(21)15(6)23-13(17)4/h8-11,24-25H,5,7,21H2,1-4,6H3. The fourth-order valence-corrected chi connectivity index (χ4v) is 2.74. The lowest BCUT2D eigenvalue weighted by Crippen LogP contribution is -2.21. The van der Waals surface area contributed by atoms with Gasteiger partial charge in [0.05, 0.1) is 11.4 Å². The van der Waals surface area contributed by atoms with E-state index in [1.165, 1.54) is 0 Å². The second-order valence-electron chi connectivity index (χ2n) is 6.77. The van der Waals surface area contributed by atoms with Gasteiger partial charge in [-0.25, -0.2) is 0 Å². The molecule has 0 aliphatic carbocycles. The van der Waals surface area contributed by atoms with E-state index in [1.807, 2.05) is 26.1 Å². The lowest BCUT2D eigenvalue weighted by Gasteiger charge is -2.20. The van der Waals surface area contributed by atoms with Crippen LogP contribution in [0.25, 0.3) is 5.70 Å². The van der Waals surface area contributed by atoms with Crippen molar-refractivity contribution in [2.75, 3.05) is 5.32 Å². The van der Waals surface area contributed by atoms with Crippen LogP contribution < -0.4 is 16.1 Å². The number of rotatable bonds is 6. The maximum atomic E-state index is 4.58. The molecule has 5 heteroatoms. The molecule has 2 heterocycles. The zero-order valence-electron chi connectivity index (χ0n) is 16.1. The summed E-state index contributed by atoms with van der Waals surface area (Å²) >= 11 is 0. The Bertz CT molecular complexity index is 825. The topological polar surface area (TPSA) is 49.8 Å². The lowest BCUT2D eigenvalue weighted by molar-refractivity contribution is 0.822. The average Bonchev–Trinajstić information content (AvgIpc) is 2.52. The molecule has 4 nitrogen and oxygen atoms in total. The Labute approximate surface area is 151 Å². The van der Waals surface area contributed by atoms with Crippen LogP contribution in [0, 0.1) is 20.8 Å². The van der Waals surface area contributed by atoms with Crippen molar-refractivity contribution in [1.82, 2.24) is 15.3 Å². The van der Waals surface area contributed by atoms with Gasteiger partial charge in [0.15, 0.2) is 0 Å². The maximum absolute atomic E-state index is 4.58. The molecule has 0 fully saturated rings. The molecule has 0 aliphatic heterocycles. The lowest BCUT2D eigenvalue weighted by atomic mass is 9.92. The Morgan fingerprint density at radius 1 is 1.16 bits per heavy atom. The number of nitrogens with one attached hydrogen (secondary N) is 2. The first-order chi connectivity index (χ1) is 11.7. The number of nitrogens with zero attached hydrogens (tertiary/aromatic N) is 2. The van der Waals surface area contributed by atoms with Crippen LogP contribution in [0.1, 0.15) is 48.0 Å². The first-order valence-corrected chi connectivity index (χ1v) is 8.53. The minimum atomic E-state index is 0.324. The Morgan fingerprint density at radius 2 is 1.84 bits per heavy atom. The number of pyridine rings is 2. The van der Waals surface area contributed by atoms with Crippen molar-refractivity contribution < 1.29 is 0 Å². The third-order valence-electron chi connectivity index (χ3n) is 4.30. The van der Waals surface area contributed by atoms with Crippen LogP contribution in [-0.4, -0.2) is 17.8 Å². The first kappa shape index (κ1) is 18.8. The van der Waals surface area contributed by atoms with Gasteiger partial charge < -0.3 is 10.6 Å². The first-order valence-electron chi connectivity index (χ1n) is 8.53. The molecule has 0 amide bonds. The summed E-state index contributed by atoms with van der Waals surface area (Å²) in [4.78, 5) is 9.08. The highest BCUT2D eigenvalue weighted by Crippen LogP contribution is 2.26. The molecule has 2 N–H and O–H groups in total. The van der Waals surface area contributed by atoms with Gasteiger partial charge in [0.2, 0.25) is 0 Å². The Kier molecular flexibility index (Phi) is 5.68. The number of hydrogen-bond acceptors (Lipinski definition) is 4. The number of anilines is 1. The van der Waals surface area contributed by atoms with Crippen LogP contribution >= 0.6 is 0 Å². The van der Waals surface area contributed by atoms with E-state index in [2.05, 4.69) is 68.4 Å². The summed E-state index contributed by atoms with van der Waals surface area (Å²) in [5.74, 6) is 0.991. The van der Waals surface area contributed by atoms with E-state index < -0.39 is 0 Å². The summed E-state index contributed by atoms with van der Waals surface area (Å²) in [5, 5.41) is 6.61. The van der Waals surface area contributed by atoms with Gasteiger partial charge in [-0.15, -0.1) is 0 Å². The van der Waals surface area contributed by atoms with Crippen LogP contribution in [0.5, 0.6) is 0 Å². The quantitative estimate of drug-likeness (QED) is 0.798. The Hall–Kier alpha value is -2.56. The van der Waals surface area contributed by atoms with E-state index in [9.17, 15) is 0 Å². The molecular formula is C20H27BN4. The van der Waals surface area contributed by atoms with Gasteiger partial charge in [0.1, 0.15) is 13.7 Å². The second-order valence-corrected chi connectivity index (χ2v) is 6.77. The molecule has 0 atom stereocenters. The SMILES string of the molecule is Bc1cc(C(=C)NC(=C)Nc2c(C)ccnc2C(C)C)c(C)nc1C. The summed E-state index contributed by atoms with van der Waals surface area (Å²) in [6.45, 7) is 18.6. The molecule has 0 saturated heterocycles. The van der Waals surface area contributed by atoms with Crippen molar-refractivity contribution in [3.8, 4) is 0 Å². The van der Waals surface area contributed by atoms with Gasteiger partial charge in [0, 0.05) is 28.8 Å². The molecule has 2 rings (SSSR count). The van der Waals surface area contributed by atoms with Crippen LogP contribution in [0.4, 0.5) is 5.69 Å². The molecular weight excluding hydrogens is 307 g/mol. The van der Waals surface area contributed by atoms with E-state index >= 15 is 0 Å². The zero-order valence-corrected chi connectivity index (χ0v) is 16.1. The normalized spacial score (nSPS) is 10.6. The van der Waals surface area contributed by atoms with Crippen LogP contribution in [-0.2, 0) is 0 Å². The second kappa shape index (κ2) is 7.56. The zero-order chi connectivity index (χ0) is 18.7. The summed E-state index contributed by atoms with van der Waals surface area (Å²) in [5.41, 5.74) is 8.07. The van der Waals surface area contributed by atoms with Crippen molar-refractivity contribution in [2.24, 2.45) is 0 Å². The molecule has 0 unspecified atom stereocenters. The summed E-state index contributed by atoms with van der Waals surface area (Å²) in [6, 6.07) is 4.10.